The fourth-order valence-corrected chi connectivity index (χ4v) is 1.49. The lowest BCUT2D eigenvalue weighted by Gasteiger charge is -2.06. The monoisotopic (exact) mass is 155 g/mol. The molecule has 3 heteroatoms. The predicted molar refractivity (Wildman–Crippen MR) is 43.0 cm³/mol. The van der Waals surface area contributed by atoms with E-state index in [1.165, 1.54) is 0 Å². The summed E-state index contributed by atoms with van der Waals surface area (Å²) in [4.78, 5) is 10.3. The van der Waals surface area contributed by atoms with Crippen LogP contribution in [0, 0.1) is 10.1 Å². The molecule has 1 unspecified atom stereocenters. The van der Waals surface area contributed by atoms with Crippen molar-refractivity contribution in [1.82, 2.24) is 0 Å². The van der Waals surface area contributed by atoms with E-state index < -0.39 is 6.04 Å². The molecule has 1 aliphatic rings. The topological polar surface area (TPSA) is 43.1 Å². The summed E-state index contributed by atoms with van der Waals surface area (Å²) >= 11 is 0. The second-order valence-electron chi connectivity index (χ2n) is 3.06. The second-order valence-corrected chi connectivity index (χ2v) is 3.06. The van der Waals surface area contributed by atoms with Crippen molar-refractivity contribution in [2.24, 2.45) is 0 Å². The molecule has 1 saturated carbocycles. The van der Waals surface area contributed by atoms with Crippen LogP contribution < -0.4 is 0 Å². The molecule has 3 nitrogen and oxygen atoms in total. The molecule has 0 aliphatic heterocycles. The van der Waals surface area contributed by atoms with Crippen LogP contribution in [0.2, 0.25) is 0 Å². The molecule has 0 radical (unpaired) electrons. The van der Waals surface area contributed by atoms with Gasteiger partial charge >= 0.3 is 0 Å². The van der Waals surface area contributed by atoms with Gasteiger partial charge in [-0.2, -0.15) is 0 Å². The average molecular weight is 155 g/mol. The average Bonchev–Trinajstić information content (AvgIpc) is 2.13. The number of nitro groups is 1. The maximum Gasteiger partial charge on any atom is 0.233 e. The Hall–Kier alpha value is -0.860. The minimum absolute atomic E-state index is 0.201. The predicted octanol–water partition coefficient (Wildman–Crippen LogP) is 2.15. The maximum atomic E-state index is 10.5. The quantitative estimate of drug-likeness (QED) is 0.252. The molecule has 0 aromatic heterocycles. The number of hydrogen-bond acceptors (Lipinski definition) is 2. The van der Waals surface area contributed by atoms with Crippen LogP contribution in [-0.2, 0) is 0 Å². The molecule has 11 heavy (non-hydrogen) atoms. The van der Waals surface area contributed by atoms with Crippen molar-refractivity contribution in [2.45, 2.75) is 38.1 Å². The van der Waals surface area contributed by atoms with Gasteiger partial charge in [0, 0.05) is 11.3 Å². The van der Waals surface area contributed by atoms with Crippen LogP contribution in [0.15, 0.2) is 12.2 Å². The Labute approximate surface area is 66.3 Å². The van der Waals surface area contributed by atoms with E-state index >= 15 is 0 Å². The summed E-state index contributed by atoms with van der Waals surface area (Å²) in [6, 6.07) is -0.461. The molecule has 1 aliphatic carbocycles. The normalized spacial score (nSPS) is 26.2. The molecule has 62 valence electrons. The molecule has 1 fully saturated rings. The van der Waals surface area contributed by atoms with E-state index in [9.17, 15) is 10.1 Å². The molecule has 0 bridgehead atoms. The maximum absolute atomic E-state index is 10.5. The van der Waals surface area contributed by atoms with Gasteiger partial charge in [0.2, 0.25) is 6.04 Å². The zero-order chi connectivity index (χ0) is 8.27. The molecule has 0 aromatic rings. The first kappa shape index (κ1) is 8.24. The summed E-state index contributed by atoms with van der Waals surface area (Å²) in [5.74, 6) is 0. The fourth-order valence-electron chi connectivity index (χ4n) is 1.49. The van der Waals surface area contributed by atoms with Crippen LogP contribution in [0.3, 0.4) is 0 Å². The Kier molecular flexibility index (Phi) is 2.63. The summed E-state index contributed by atoms with van der Waals surface area (Å²) in [6.07, 6.45) is 4.69. The minimum atomic E-state index is -0.461. The van der Waals surface area contributed by atoms with Gasteiger partial charge in [-0.05, 0) is 24.8 Å². The van der Waals surface area contributed by atoms with Crippen molar-refractivity contribution in [3.63, 3.8) is 0 Å². The van der Waals surface area contributed by atoms with Crippen molar-refractivity contribution in [2.75, 3.05) is 0 Å². The second kappa shape index (κ2) is 3.51. The highest BCUT2D eigenvalue weighted by Gasteiger charge is 2.24. The molecule has 0 heterocycles. The van der Waals surface area contributed by atoms with Crippen LogP contribution in [0.25, 0.3) is 0 Å². The Morgan fingerprint density at radius 1 is 1.45 bits per heavy atom. The third-order valence-electron chi connectivity index (χ3n) is 2.20. The van der Waals surface area contributed by atoms with Crippen LogP contribution >= 0.6 is 0 Å². The van der Waals surface area contributed by atoms with E-state index in [1.54, 1.807) is 0 Å². The summed E-state index contributed by atoms with van der Waals surface area (Å²) in [5.41, 5.74) is 0.813. The van der Waals surface area contributed by atoms with Gasteiger partial charge in [-0.15, -0.1) is 0 Å². The molecular formula is C8H13NO2. The zero-order valence-electron chi connectivity index (χ0n) is 6.58. The summed E-state index contributed by atoms with van der Waals surface area (Å²) in [5, 5.41) is 10.5. The highest BCUT2D eigenvalue weighted by molar-refractivity contribution is 5.02. The third-order valence-corrected chi connectivity index (χ3v) is 2.20. The molecule has 1 atom stereocenters. The lowest BCUT2D eigenvalue weighted by molar-refractivity contribution is -0.513. The summed E-state index contributed by atoms with van der Waals surface area (Å²) in [7, 11) is 0. The van der Waals surface area contributed by atoms with E-state index in [1.807, 2.05) is 0 Å². The molecule has 0 amide bonds. The molecule has 0 aromatic carbocycles. The van der Waals surface area contributed by atoms with E-state index in [0.29, 0.717) is 6.42 Å². The van der Waals surface area contributed by atoms with E-state index in [4.69, 9.17) is 0 Å². The van der Waals surface area contributed by atoms with Gasteiger partial charge in [-0.25, -0.2) is 0 Å². The van der Waals surface area contributed by atoms with Gasteiger partial charge in [-0.1, -0.05) is 13.0 Å². The fraction of sp³-hybridized carbons (Fsp3) is 0.750. The highest BCUT2D eigenvalue weighted by Crippen LogP contribution is 2.22. The molecular weight excluding hydrogens is 142 g/mol. The van der Waals surface area contributed by atoms with Gasteiger partial charge in [-0.3, -0.25) is 10.1 Å². The minimum Gasteiger partial charge on any atom is -0.264 e. The largest absolute Gasteiger partial charge is 0.264 e. The van der Waals surface area contributed by atoms with Crippen molar-refractivity contribution in [3.05, 3.63) is 22.3 Å². The van der Waals surface area contributed by atoms with Crippen LogP contribution in [-0.4, -0.2) is 11.0 Å². The highest BCUT2D eigenvalue weighted by atomic mass is 16.6. The van der Waals surface area contributed by atoms with E-state index in [0.717, 1.165) is 31.3 Å². The van der Waals surface area contributed by atoms with E-state index in [-0.39, 0.29) is 4.92 Å². The van der Waals surface area contributed by atoms with Crippen molar-refractivity contribution in [3.8, 4) is 0 Å². The van der Waals surface area contributed by atoms with Gasteiger partial charge in [0.15, 0.2) is 0 Å². The van der Waals surface area contributed by atoms with Crippen molar-refractivity contribution < 1.29 is 4.92 Å². The number of rotatable bonds is 1. The van der Waals surface area contributed by atoms with Gasteiger partial charge < -0.3 is 0 Å². The van der Waals surface area contributed by atoms with Crippen molar-refractivity contribution in [1.29, 1.82) is 0 Å². The standard InChI is InChI=1S/C8H13NO2/c1-7-5-3-2-4-6-8(7)9(10)11/h8H,1-6H2. The van der Waals surface area contributed by atoms with Crippen LogP contribution in [0.4, 0.5) is 0 Å². The Morgan fingerprint density at radius 2 is 2.18 bits per heavy atom. The Balaban J connectivity index is 2.59. The van der Waals surface area contributed by atoms with Crippen LogP contribution in [0.5, 0.6) is 0 Å². The lowest BCUT2D eigenvalue weighted by atomic mass is 10.1. The SMILES string of the molecule is C=C1CCCCCC1[N+](=O)[O-]. The molecule has 1 rings (SSSR count). The van der Waals surface area contributed by atoms with Crippen molar-refractivity contribution >= 4 is 0 Å². The summed E-state index contributed by atoms with van der Waals surface area (Å²) < 4.78 is 0. The smallest absolute Gasteiger partial charge is 0.233 e. The van der Waals surface area contributed by atoms with Gasteiger partial charge in [0.05, 0.1) is 0 Å². The number of hydrogen-bond donors (Lipinski definition) is 0. The first-order valence-corrected chi connectivity index (χ1v) is 4.03. The number of nitrogens with zero attached hydrogens (tertiary/aromatic N) is 1. The van der Waals surface area contributed by atoms with E-state index in [2.05, 4.69) is 6.58 Å². The first-order valence-electron chi connectivity index (χ1n) is 4.03. The first-order chi connectivity index (χ1) is 5.22. The lowest BCUT2D eigenvalue weighted by Crippen LogP contribution is -2.20. The van der Waals surface area contributed by atoms with Gasteiger partial charge in [0.25, 0.3) is 0 Å². The zero-order valence-corrected chi connectivity index (χ0v) is 6.58. The Morgan fingerprint density at radius 3 is 2.82 bits per heavy atom. The molecule has 0 spiro atoms. The van der Waals surface area contributed by atoms with Gasteiger partial charge in [0.1, 0.15) is 0 Å². The molecule has 0 saturated heterocycles. The molecule has 0 N–H and O–H groups in total. The third kappa shape index (κ3) is 2.03. The van der Waals surface area contributed by atoms with Crippen LogP contribution in [0.1, 0.15) is 32.1 Å². The Bertz CT molecular complexity index is 177. The summed E-state index contributed by atoms with van der Waals surface area (Å²) in [6.45, 7) is 3.74.